The molecule has 0 aliphatic heterocycles. The Morgan fingerprint density at radius 1 is 1.17 bits per heavy atom. The summed E-state index contributed by atoms with van der Waals surface area (Å²) in [6, 6.07) is 6.78. The average Bonchev–Trinajstić information content (AvgIpc) is 3.10. The third-order valence-corrected chi connectivity index (χ3v) is 3.81. The lowest BCUT2D eigenvalue weighted by Gasteiger charge is -2.11. The molecule has 6 heteroatoms. The largest absolute Gasteiger partial charge is 0.465 e. The van der Waals surface area contributed by atoms with Crippen LogP contribution >= 0.6 is 0 Å². The predicted octanol–water partition coefficient (Wildman–Crippen LogP) is 2.09. The lowest BCUT2D eigenvalue weighted by molar-refractivity contribution is -0.144. The molecule has 1 N–H and O–H groups in total. The van der Waals surface area contributed by atoms with Crippen molar-refractivity contribution in [2.45, 2.75) is 31.7 Å². The van der Waals surface area contributed by atoms with Gasteiger partial charge in [0.25, 0.3) is 5.91 Å². The third-order valence-electron chi connectivity index (χ3n) is 3.81. The fourth-order valence-electron chi connectivity index (χ4n) is 2.54. The summed E-state index contributed by atoms with van der Waals surface area (Å²) in [5, 5.41) is 2.85. The van der Waals surface area contributed by atoms with E-state index < -0.39 is 11.9 Å². The summed E-state index contributed by atoms with van der Waals surface area (Å²) < 4.78 is 9.51. The van der Waals surface area contributed by atoms with E-state index in [0.29, 0.717) is 5.56 Å². The Kier molecular flexibility index (Phi) is 6.54. The minimum Gasteiger partial charge on any atom is -0.465 e. The number of ether oxygens (including phenoxy) is 2. The number of methoxy groups -OCH3 is 1. The van der Waals surface area contributed by atoms with E-state index in [1.54, 1.807) is 30.3 Å². The van der Waals surface area contributed by atoms with Gasteiger partial charge in [-0.2, -0.15) is 0 Å². The van der Waals surface area contributed by atoms with Crippen LogP contribution in [0, 0.1) is 0 Å². The van der Waals surface area contributed by atoms with Crippen LogP contribution in [0.4, 0.5) is 0 Å². The van der Waals surface area contributed by atoms with Gasteiger partial charge in [0, 0.05) is 12.1 Å². The lowest BCUT2D eigenvalue weighted by atomic mass is 10.1. The van der Waals surface area contributed by atoms with Gasteiger partial charge in [-0.25, -0.2) is 9.59 Å². The first kappa shape index (κ1) is 17.7. The van der Waals surface area contributed by atoms with Crippen molar-refractivity contribution in [1.82, 2.24) is 5.32 Å². The zero-order chi connectivity index (χ0) is 17.4. The number of nitrogens with one attached hydrogen (secondary N) is 1. The van der Waals surface area contributed by atoms with Gasteiger partial charge in [-0.15, -0.1) is 0 Å². The van der Waals surface area contributed by atoms with Crippen molar-refractivity contribution in [3.63, 3.8) is 0 Å². The minimum absolute atomic E-state index is 0.208. The highest BCUT2D eigenvalue weighted by atomic mass is 16.5. The number of esters is 2. The van der Waals surface area contributed by atoms with E-state index in [1.807, 2.05) is 0 Å². The first-order valence-electron chi connectivity index (χ1n) is 7.91. The second-order valence-corrected chi connectivity index (χ2v) is 5.60. The van der Waals surface area contributed by atoms with Crippen molar-refractivity contribution in [1.29, 1.82) is 0 Å². The number of carbonyl (C=O) groups excluding carboxylic acids is 3. The molecule has 128 valence electrons. The highest BCUT2D eigenvalue weighted by Gasteiger charge is 2.17. The molecule has 1 aliphatic rings. The fraction of sp³-hybridized carbons (Fsp3) is 0.389. The van der Waals surface area contributed by atoms with Crippen molar-refractivity contribution in [3.8, 4) is 0 Å². The quantitative estimate of drug-likeness (QED) is 0.637. The van der Waals surface area contributed by atoms with Gasteiger partial charge in [-0.3, -0.25) is 4.79 Å². The SMILES string of the molecule is COC(=O)c1ccc(/C=C/C(=O)OCC(=O)NC2CCCC2)cc1. The summed E-state index contributed by atoms with van der Waals surface area (Å²) in [6.45, 7) is -0.277. The molecule has 1 aromatic rings. The molecule has 1 amide bonds. The van der Waals surface area contributed by atoms with Crippen LogP contribution in [0.2, 0.25) is 0 Å². The zero-order valence-corrected chi connectivity index (χ0v) is 13.6. The van der Waals surface area contributed by atoms with Crippen molar-refractivity contribution >= 4 is 23.9 Å². The number of amides is 1. The Bertz CT molecular complexity index is 615. The van der Waals surface area contributed by atoms with Crippen LogP contribution in [0.5, 0.6) is 0 Å². The molecule has 24 heavy (non-hydrogen) atoms. The molecule has 0 radical (unpaired) electrons. The van der Waals surface area contributed by atoms with E-state index in [4.69, 9.17) is 4.74 Å². The highest BCUT2D eigenvalue weighted by Crippen LogP contribution is 2.17. The Labute approximate surface area is 140 Å². The van der Waals surface area contributed by atoms with E-state index >= 15 is 0 Å². The average molecular weight is 331 g/mol. The molecular formula is C18H21NO5. The van der Waals surface area contributed by atoms with Crippen molar-refractivity contribution in [3.05, 3.63) is 41.5 Å². The molecule has 1 aliphatic carbocycles. The molecular weight excluding hydrogens is 310 g/mol. The van der Waals surface area contributed by atoms with E-state index in [1.165, 1.54) is 13.2 Å². The number of carbonyl (C=O) groups is 3. The van der Waals surface area contributed by atoms with Gasteiger partial charge in [-0.05, 0) is 36.6 Å². The molecule has 1 aromatic carbocycles. The Morgan fingerprint density at radius 2 is 1.83 bits per heavy atom. The third kappa shape index (κ3) is 5.53. The summed E-state index contributed by atoms with van der Waals surface area (Å²) in [7, 11) is 1.31. The number of rotatable bonds is 6. The van der Waals surface area contributed by atoms with Crippen LogP contribution in [0.3, 0.4) is 0 Å². The van der Waals surface area contributed by atoms with Crippen molar-refractivity contribution in [2.75, 3.05) is 13.7 Å². The van der Waals surface area contributed by atoms with Crippen molar-refractivity contribution in [2.24, 2.45) is 0 Å². The molecule has 0 unspecified atom stereocenters. The molecule has 0 bridgehead atoms. The number of benzene rings is 1. The van der Waals surface area contributed by atoms with Crippen LogP contribution in [0.1, 0.15) is 41.6 Å². The maximum atomic E-state index is 11.7. The minimum atomic E-state index is -0.589. The Hall–Kier alpha value is -2.63. The van der Waals surface area contributed by atoms with Crippen molar-refractivity contribution < 1.29 is 23.9 Å². The van der Waals surface area contributed by atoms with Crippen LogP contribution < -0.4 is 5.32 Å². The smallest absolute Gasteiger partial charge is 0.337 e. The fourth-order valence-corrected chi connectivity index (χ4v) is 2.54. The summed E-state index contributed by atoms with van der Waals surface area (Å²) in [6.07, 6.45) is 7.03. The van der Waals surface area contributed by atoms with Gasteiger partial charge in [0.2, 0.25) is 0 Å². The predicted molar refractivity (Wildman–Crippen MR) is 88.2 cm³/mol. The van der Waals surface area contributed by atoms with Gasteiger partial charge in [0.1, 0.15) is 0 Å². The van der Waals surface area contributed by atoms with Crippen LogP contribution in [0.15, 0.2) is 30.3 Å². The topological polar surface area (TPSA) is 81.7 Å². The van der Waals surface area contributed by atoms with Gasteiger partial charge < -0.3 is 14.8 Å². The highest BCUT2D eigenvalue weighted by molar-refractivity contribution is 5.91. The van der Waals surface area contributed by atoms with Gasteiger partial charge in [0.05, 0.1) is 12.7 Å². The first-order chi connectivity index (χ1) is 11.6. The lowest BCUT2D eigenvalue weighted by Crippen LogP contribution is -2.35. The molecule has 6 nitrogen and oxygen atoms in total. The number of hydrogen-bond acceptors (Lipinski definition) is 5. The molecule has 0 spiro atoms. The molecule has 0 heterocycles. The molecule has 0 aromatic heterocycles. The van der Waals surface area contributed by atoms with Gasteiger partial charge in [0.15, 0.2) is 6.61 Å². The zero-order valence-electron chi connectivity index (χ0n) is 13.6. The van der Waals surface area contributed by atoms with E-state index in [-0.39, 0.29) is 18.6 Å². The first-order valence-corrected chi connectivity index (χ1v) is 7.91. The molecule has 1 saturated carbocycles. The molecule has 0 saturated heterocycles. The van der Waals surface area contributed by atoms with E-state index in [9.17, 15) is 14.4 Å². The van der Waals surface area contributed by atoms with E-state index in [2.05, 4.69) is 10.1 Å². The standard InChI is InChI=1S/C18H21NO5/c1-23-18(22)14-9-6-13(7-10-14)8-11-17(21)24-12-16(20)19-15-4-2-3-5-15/h6-11,15H,2-5,12H2,1H3,(H,19,20)/b11-8+. The molecule has 1 fully saturated rings. The van der Waals surface area contributed by atoms with Gasteiger partial charge >= 0.3 is 11.9 Å². The van der Waals surface area contributed by atoms with E-state index in [0.717, 1.165) is 31.2 Å². The van der Waals surface area contributed by atoms with Crippen LogP contribution in [-0.2, 0) is 19.1 Å². The molecule has 0 atom stereocenters. The Balaban J connectivity index is 1.75. The van der Waals surface area contributed by atoms with Crippen LogP contribution in [0.25, 0.3) is 6.08 Å². The van der Waals surface area contributed by atoms with Gasteiger partial charge in [-0.1, -0.05) is 25.0 Å². The summed E-state index contributed by atoms with van der Waals surface area (Å²) in [5.74, 6) is -1.28. The molecule has 2 rings (SSSR count). The summed E-state index contributed by atoms with van der Waals surface area (Å²) in [5.41, 5.74) is 1.16. The van der Waals surface area contributed by atoms with Crippen LogP contribution in [-0.4, -0.2) is 37.6 Å². The summed E-state index contributed by atoms with van der Waals surface area (Å²) in [4.78, 5) is 34.6. The maximum absolute atomic E-state index is 11.7. The second kappa shape index (κ2) is 8.86. The summed E-state index contributed by atoms with van der Waals surface area (Å²) >= 11 is 0. The monoisotopic (exact) mass is 331 g/mol. The Morgan fingerprint density at radius 3 is 2.46 bits per heavy atom. The normalized spacial score (nSPS) is 14.5. The second-order valence-electron chi connectivity index (χ2n) is 5.60. The number of hydrogen-bond donors (Lipinski definition) is 1. The maximum Gasteiger partial charge on any atom is 0.337 e.